The Hall–Kier alpha value is -3.42. The van der Waals surface area contributed by atoms with E-state index >= 15 is 0 Å². The van der Waals surface area contributed by atoms with Gasteiger partial charge in [0.1, 0.15) is 11.4 Å². The summed E-state index contributed by atoms with van der Waals surface area (Å²) in [4.78, 5) is 32.2. The number of hydrogen-bond acceptors (Lipinski definition) is 5. The van der Waals surface area contributed by atoms with E-state index in [4.69, 9.17) is 5.10 Å². The minimum absolute atomic E-state index is 0.0432. The molecule has 8 heteroatoms. The molecular weight excluding hydrogens is 404 g/mol. The van der Waals surface area contributed by atoms with E-state index in [0.29, 0.717) is 13.1 Å². The van der Waals surface area contributed by atoms with Crippen LogP contribution in [-0.4, -0.2) is 44.2 Å². The summed E-state index contributed by atoms with van der Waals surface area (Å²) < 4.78 is 3.50. The number of allylic oxidation sites excluding steroid dienone is 1. The smallest absolute Gasteiger partial charge is 0.263 e. The molecule has 0 spiro atoms. The summed E-state index contributed by atoms with van der Waals surface area (Å²) >= 11 is 0. The van der Waals surface area contributed by atoms with Crippen LogP contribution in [0.4, 0.5) is 5.82 Å². The Balaban J connectivity index is 1.50. The molecule has 0 unspecified atom stereocenters. The van der Waals surface area contributed by atoms with Crippen molar-refractivity contribution >= 4 is 23.4 Å². The molecule has 1 saturated heterocycles. The number of hydrogen-bond donors (Lipinski definition) is 1. The Kier molecular flexibility index (Phi) is 6.12. The van der Waals surface area contributed by atoms with Crippen molar-refractivity contribution in [3.05, 3.63) is 63.3 Å². The highest BCUT2D eigenvalue weighted by atomic mass is 16.2. The summed E-state index contributed by atoms with van der Waals surface area (Å²) in [5.41, 5.74) is 3.55. The molecule has 168 valence electrons. The molecule has 1 aliphatic rings. The SMILES string of the molecule is CC/C=C/c1cnc2ccc(N3CC[C@H](NC(=O)c4cc(C)c(C)n(CC)c4=O)C3)nn12. The maximum atomic E-state index is 12.9. The highest BCUT2D eigenvalue weighted by molar-refractivity contribution is 5.94. The van der Waals surface area contributed by atoms with Gasteiger partial charge in [0.05, 0.1) is 11.9 Å². The Labute approximate surface area is 187 Å². The minimum atomic E-state index is -0.308. The summed E-state index contributed by atoms with van der Waals surface area (Å²) in [7, 11) is 0. The molecule has 0 radical (unpaired) electrons. The molecule has 1 atom stereocenters. The molecule has 3 aromatic heterocycles. The Bertz CT molecular complexity index is 1240. The average molecular weight is 435 g/mol. The first-order valence-corrected chi connectivity index (χ1v) is 11.2. The average Bonchev–Trinajstić information content (AvgIpc) is 3.41. The zero-order chi connectivity index (χ0) is 22.8. The Morgan fingerprint density at radius 3 is 2.84 bits per heavy atom. The van der Waals surface area contributed by atoms with Gasteiger partial charge in [-0.05, 0) is 63.5 Å². The summed E-state index contributed by atoms with van der Waals surface area (Å²) in [6, 6.07) is 5.58. The van der Waals surface area contributed by atoms with Crippen LogP contribution in [0.3, 0.4) is 0 Å². The maximum absolute atomic E-state index is 12.9. The van der Waals surface area contributed by atoms with Crippen LogP contribution in [0.25, 0.3) is 11.7 Å². The first-order chi connectivity index (χ1) is 15.4. The number of carbonyl (C=O) groups is 1. The third kappa shape index (κ3) is 4.04. The second-order valence-electron chi connectivity index (χ2n) is 8.24. The molecule has 32 heavy (non-hydrogen) atoms. The van der Waals surface area contributed by atoms with Gasteiger partial charge in [-0.2, -0.15) is 0 Å². The maximum Gasteiger partial charge on any atom is 0.263 e. The second kappa shape index (κ2) is 8.98. The van der Waals surface area contributed by atoms with E-state index in [-0.39, 0.29) is 23.1 Å². The third-order valence-corrected chi connectivity index (χ3v) is 6.12. The predicted molar refractivity (Wildman–Crippen MR) is 126 cm³/mol. The lowest BCUT2D eigenvalue weighted by Gasteiger charge is -2.18. The van der Waals surface area contributed by atoms with Crippen LogP contribution in [0.2, 0.25) is 0 Å². The van der Waals surface area contributed by atoms with Crippen LogP contribution in [0, 0.1) is 13.8 Å². The predicted octanol–water partition coefficient (Wildman–Crippen LogP) is 2.96. The summed E-state index contributed by atoms with van der Waals surface area (Å²) in [6.07, 6.45) is 7.67. The summed E-state index contributed by atoms with van der Waals surface area (Å²) in [5, 5.41) is 7.82. The number of amides is 1. The highest BCUT2D eigenvalue weighted by Crippen LogP contribution is 2.20. The zero-order valence-electron chi connectivity index (χ0n) is 19.1. The number of aromatic nitrogens is 4. The lowest BCUT2D eigenvalue weighted by molar-refractivity contribution is 0.0938. The van der Waals surface area contributed by atoms with E-state index in [1.165, 1.54) is 0 Å². The van der Waals surface area contributed by atoms with Crippen LogP contribution in [-0.2, 0) is 6.54 Å². The Morgan fingerprint density at radius 2 is 2.09 bits per heavy atom. The number of anilines is 1. The number of aryl methyl sites for hydroxylation is 1. The van der Waals surface area contributed by atoms with Gasteiger partial charge in [0.2, 0.25) is 0 Å². The minimum Gasteiger partial charge on any atom is -0.353 e. The Morgan fingerprint density at radius 1 is 1.28 bits per heavy atom. The fourth-order valence-corrected chi connectivity index (χ4v) is 4.19. The van der Waals surface area contributed by atoms with Gasteiger partial charge >= 0.3 is 0 Å². The molecule has 3 aromatic rings. The van der Waals surface area contributed by atoms with Gasteiger partial charge in [-0.3, -0.25) is 9.59 Å². The number of nitrogens with one attached hydrogen (secondary N) is 1. The lowest BCUT2D eigenvalue weighted by atomic mass is 10.1. The lowest BCUT2D eigenvalue weighted by Crippen LogP contribution is -2.41. The fourth-order valence-electron chi connectivity index (χ4n) is 4.19. The standard InChI is InChI=1S/C24H30N6O2/c1-5-7-8-19-14-25-21-9-10-22(27-30(19)21)28-12-11-18(15-28)26-23(31)20-13-16(3)17(4)29(6-2)24(20)32/h7-10,13-14,18H,5-6,11-12,15H2,1-4H3,(H,26,31)/b8-7+/t18-/m0/s1. The molecule has 1 N–H and O–H groups in total. The quantitative estimate of drug-likeness (QED) is 0.645. The van der Waals surface area contributed by atoms with Gasteiger partial charge in [0.15, 0.2) is 5.65 Å². The largest absolute Gasteiger partial charge is 0.353 e. The van der Waals surface area contributed by atoms with Crippen molar-refractivity contribution in [2.75, 3.05) is 18.0 Å². The molecular formula is C24H30N6O2. The number of nitrogens with zero attached hydrogens (tertiary/aromatic N) is 5. The molecule has 8 nitrogen and oxygen atoms in total. The van der Waals surface area contributed by atoms with Gasteiger partial charge in [0.25, 0.3) is 11.5 Å². The van der Waals surface area contributed by atoms with Gasteiger partial charge in [-0.25, -0.2) is 9.50 Å². The van der Waals surface area contributed by atoms with Crippen molar-refractivity contribution in [3.8, 4) is 0 Å². The van der Waals surface area contributed by atoms with Gasteiger partial charge in [-0.15, -0.1) is 5.10 Å². The van der Waals surface area contributed by atoms with Crippen LogP contribution in [0.1, 0.15) is 54.0 Å². The van der Waals surface area contributed by atoms with Gasteiger partial charge in [0, 0.05) is 31.4 Å². The van der Waals surface area contributed by atoms with Crippen molar-refractivity contribution in [2.45, 2.75) is 53.1 Å². The number of pyridine rings is 1. The fraction of sp³-hybridized carbons (Fsp3) is 0.417. The second-order valence-corrected chi connectivity index (χ2v) is 8.24. The number of carbonyl (C=O) groups excluding carboxylic acids is 1. The third-order valence-electron chi connectivity index (χ3n) is 6.12. The molecule has 1 fully saturated rings. The highest BCUT2D eigenvalue weighted by Gasteiger charge is 2.27. The zero-order valence-corrected chi connectivity index (χ0v) is 19.1. The van der Waals surface area contributed by atoms with Gasteiger partial charge < -0.3 is 14.8 Å². The first kappa shape index (κ1) is 21.8. The van der Waals surface area contributed by atoms with Crippen LogP contribution in [0.5, 0.6) is 0 Å². The van der Waals surface area contributed by atoms with E-state index < -0.39 is 0 Å². The molecule has 0 saturated carbocycles. The van der Waals surface area contributed by atoms with E-state index in [1.54, 1.807) is 10.6 Å². The van der Waals surface area contributed by atoms with Crippen molar-refractivity contribution in [1.82, 2.24) is 24.5 Å². The molecule has 0 aliphatic carbocycles. The number of imidazole rings is 1. The number of fused-ring (bicyclic) bond motifs is 1. The van der Waals surface area contributed by atoms with Crippen LogP contribution >= 0.6 is 0 Å². The number of rotatable bonds is 6. The van der Waals surface area contributed by atoms with E-state index in [0.717, 1.165) is 47.8 Å². The topological polar surface area (TPSA) is 84.5 Å². The van der Waals surface area contributed by atoms with Crippen molar-refractivity contribution in [1.29, 1.82) is 0 Å². The van der Waals surface area contributed by atoms with Crippen molar-refractivity contribution in [3.63, 3.8) is 0 Å². The summed E-state index contributed by atoms with van der Waals surface area (Å²) in [5.74, 6) is 0.537. The normalized spacial score (nSPS) is 16.4. The first-order valence-electron chi connectivity index (χ1n) is 11.2. The molecule has 1 amide bonds. The van der Waals surface area contributed by atoms with Crippen molar-refractivity contribution in [2.24, 2.45) is 0 Å². The van der Waals surface area contributed by atoms with Gasteiger partial charge in [-0.1, -0.05) is 13.0 Å². The summed E-state index contributed by atoms with van der Waals surface area (Å²) in [6.45, 7) is 9.81. The molecule has 1 aliphatic heterocycles. The monoisotopic (exact) mass is 434 g/mol. The molecule has 4 rings (SSSR count). The van der Waals surface area contributed by atoms with E-state index in [9.17, 15) is 9.59 Å². The molecule has 4 heterocycles. The van der Waals surface area contributed by atoms with E-state index in [2.05, 4.69) is 28.2 Å². The van der Waals surface area contributed by atoms with E-state index in [1.807, 2.05) is 49.7 Å². The van der Waals surface area contributed by atoms with Crippen LogP contribution in [0.15, 0.2) is 35.3 Å². The molecule has 0 bridgehead atoms. The molecule has 0 aromatic carbocycles. The van der Waals surface area contributed by atoms with Crippen molar-refractivity contribution < 1.29 is 4.79 Å². The van der Waals surface area contributed by atoms with Crippen LogP contribution < -0.4 is 15.8 Å².